The van der Waals surface area contributed by atoms with Crippen LogP contribution in [0.15, 0.2) is 36.4 Å². The second-order valence-corrected chi connectivity index (χ2v) is 7.26. The summed E-state index contributed by atoms with van der Waals surface area (Å²) in [6, 6.07) is 11.1. The van der Waals surface area contributed by atoms with E-state index < -0.39 is 11.3 Å². The first-order valence-corrected chi connectivity index (χ1v) is 9.50. The third-order valence-corrected chi connectivity index (χ3v) is 5.00. The molecule has 0 atom stereocenters. The highest BCUT2D eigenvalue weighted by molar-refractivity contribution is 6.14. The van der Waals surface area contributed by atoms with Gasteiger partial charge in [0.15, 0.2) is 11.5 Å². The van der Waals surface area contributed by atoms with Crippen LogP contribution in [0.4, 0.5) is 11.4 Å². The van der Waals surface area contributed by atoms with Gasteiger partial charge in [-0.3, -0.25) is 9.59 Å². The maximum absolute atomic E-state index is 13.0. The molecule has 0 saturated carbocycles. The zero-order valence-electron chi connectivity index (χ0n) is 16.7. The normalized spacial score (nSPS) is 12.6. The van der Waals surface area contributed by atoms with Crippen LogP contribution in [-0.4, -0.2) is 18.6 Å². The second kappa shape index (κ2) is 7.92. The smallest absolute Gasteiger partial charge is 0.239 e. The van der Waals surface area contributed by atoms with E-state index in [1.807, 2.05) is 32.0 Å². The van der Waals surface area contributed by atoms with E-state index in [1.54, 1.807) is 32.0 Å². The lowest BCUT2D eigenvalue weighted by atomic mass is 9.90. The molecule has 0 aromatic heterocycles. The molecule has 2 amide bonds. The van der Waals surface area contributed by atoms with Crippen molar-refractivity contribution >= 4 is 23.2 Å². The van der Waals surface area contributed by atoms with E-state index in [0.29, 0.717) is 17.2 Å². The van der Waals surface area contributed by atoms with Gasteiger partial charge < -0.3 is 20.1 Å². The monoisotopic (exact) mass is 382 g/mol. The summed E-state index contributed by atoms with van der Waals surface area (Å²) < 4.78 is 10.6. The highest BCUT2D eigenvalue weighted by atomic mass is 16.7. The largest absolute Gasteiger partial charge is 0.454 e. The molecule has 0 fully saturated rings. The Bertz CT molecular complexity index is 883. The number of hydrogen-bond donors (Lipinski definition) is 2. The molecule has 1 aliphatic rings. The molecule has 6 nitrogen and oxygen atoms in total. The molecule has 2 aromatic rings. The first-order chi connectivity index (χ1) is 13.4. The van der Waals surface area contributed by atoms with Crippen molar-refractivity contribution in [2.75, 3.05) is 17.4 Å². The molecular formula is C22H26N2O4. The number of benzene rings is 2. The highest BCUT2D eigenvalue weighted by Gasteiger charge is 2.37. The minimum Gasteiger partial charge on any atom is -0.454 e. The Balaban J connectivity index is 1.76. The maximum Gasteiger partial charge on any atom is 0.239 e. The predicted octanol–water partition coefficient (Wildman–Crippen LogP) is 4.14. The van der Waals surface area contributed by atoms with Gasteiger partial charge in [0.25, 0.3) is 0 Å². The first-order valence-electron chi connectivity index (χ1n) is 9.50. The zero-order chi connectivity index (χ0) is 20.3. The third kappa shape index (κ3) is 3.81. The van der Waals surface area contributed by atoms with Crippen LogP contribution in [0.2, 0.25) is 0 Å². The van der Waals surface area contributed by atoms with E-state index in [1.165, 1.54) is 0 Å². The Hall–Kier alpha value is -3.02. The first kappa shape index (κ1) is 19.7. The van der Waals surface area contributed by atoms with Crippen LogP contribution in [0.3, 0.4) is 0 Å². The van der Waals surface area contributed by atoms with Gasteiger partial charge in [-0.15, -0.1) is 0 Å². The van der Waals surface area contributed by atoms with E-state index in [4.69, 9.17) is 9.47 Å². The molecule has 2 N–H and O–H groups in total. The van der Waals surface area contributed by atoms with E-state index in [0.717, 1.165) is 29.7 Å². The van der Waals surface area contributed by atoms with Crippen LogP contribution in [0.1, 0.15) is 38.8 Å². The summed E-state index contributed by atoms with van der Waals surface area (Å²) in [5.41, 5.74) is 2.21. The number of rotatable bonds is 6. The molecule has 6 heteroatoms. The molecular weight excluding hydrogens is 356 g/mol. The van der Waals surface area contributed by atoms with Gasteiger partial charge in [0.1, 0.15) is 5.41 Å². The zero-order valence-corrected chi connectivity index (χ0v) is 16.7. The van der Waals surface area contributed by atoms with Gasteiger partial charge in [0.2, 0.25) is 18.6 Å². The average Bonchev–Trinajstić information content (AvgIpc) is 3.15. The van der Waals surface area contributed by atoms with Gasteiger partial charge in [0, 0.05) is 17.4 Å². The van der Waals surface area contributed by atoms with Gasteiger partial charge in [-0.2, -0.15) is 0 Å². The fourth-order valence-corrected chi connectivity index (χ4v) is 3.04. The number of amides is 2. The van der Waals surface area contributed by atoms with Crippen LogP contribution in [0.5, 0.6) is 11.5 Å². The average molecular weight is 382 g/mol. The van der Waals surface area contributed by atoms with Crippen molar-refractivity contribution in [3.05, 3.63) is 47.5 Å². The number of fused-ring (bicyclic) bond motifs is 1. The van der Waals surface area contributed by atoms with Crippen LogP contribution in [0.25, 0.3) is 0 Å². The van der Waals surface area contributed by atoms with Crippen LogP contribution < -0.4 is 20.1 Å². The van der Waals surface area contributed by atoms with Crippen molar-refractivity contribution in [2.24, 2.45) is 5.41 Å². The van der Waals surface area contributed by atoms with E-state index >= 15 is 0 Å². The summed E-state index contributed by atoms with van der Waals surface area (Å²) in [6.45, 7) is 7.48. The number of para-hydroxylation sites is 1. The minimum atomic E-state index is -1.26. The summed E-state index contributed by atoms with van der Waals surface area (Å²) in [6.07, 6.45) is 1.60. The fraction of sp³-hybridized carbons (Fsp3) is 0.364. The predicted molar refractivity (Wildman–Crippen MR) is 109 cm³/mol. The van der Waals surface area contributed by atoms with Crippen LogP contribution in [0, 0.1) is 5.41 Å². The molecule has 1 heterocycles. The molecule has 0 unspecified atom stereocenters. The van der Waals surface area contributed by atoms with Crippen molar-refractivity contribution in [3.63, 3.8) is 0 Å². The Morgan fingerprint density at radius 3 is 2.18 bits per heavy atom. The lowest BCUT2D eigenvalue weighted by molar-refractivity contribution is -0.135. The highest BCUT2D eigenvalue weighted by Crippen LogP contribution is 2.35. The molecule has 28 heavy (non-hydrogen) atoms. The maximum atomic E-state index is 13.0. The topological polar surface area (TPSA) is 76.7 Å². The molecule has 0 bridgehead atoms. The van der Waals surface area contributed by atoms with Gasteiger partial charge in [-0.05, 0) is 49.9 Å². The lowest BCUT2D eigenvalue weighted by Crippen LogP contribution is -2.42. The number of ether oxygens (including phenoxy) is 2. The van der Waals surface area contributed by atoms with E-state index in [2.05, 4.69) is 10.6 Å². The minimum absolute atomic E-state index is 0.164. The summed E-state index contributed by atoms with van der Waals surface area (Å²) in [5, 5.41) is 5.79. The molecule has 2 aromatic carbocycles. The van der Waals surface area contributed by atoms with E-state index in [9.17, 15) is 9.59 Å². The molecule has 0 aliphatic carbocycles. The van der Waals surface area contributed by atoms with Crippen molar-refractivity contribution in [2.45, 2.75) is 40.5 Å². The molecule has 0 spiro atoms. The van der Waals surface area contributed by atoms with Gasteiger partial charge in [-0.1, -0.05) is 32.0 Å². The quantitative estimate of drug-likeness (QED) is 0.736. The molecule has 148 valence electrons. The Kier molecular flexibility index (Phi) is 5.58. The van der Waals surface area contributed by atoms with Crippen LogP contribution in [-0.2, 0) is 22.4 Å². The standard InChI is InChI=1S/C22H26N2O4/c1-5-14-8-7-9-15(6-2)19(14)24-21(26)22(3,4)20(25)23-16-10-11-17-18(12-16)28-13-27-17/h7-12H,5-6,13H2,1-4H3,(H,23,25)(H,24,26). The Morgan fingerprint density at radius 1 is 0.929 bits per heavy atom. The van der Waals surface area contributed by atoms with Gasteiger partial charge in [0.05, 0.1) is 0 Å². The van der Waals surface area contributed by atoms with Gasteiger partial charge >= 0.3 is 0 Å². The van der Waals surface area contributed by atoms with Crippen molar-refractivity contribution in [1.82, 2.24) is 0 Å². The number of carbonyl (C=O) groups excluding carboxylic acids is 2. The van der Waals surface area contributed by atoms with Crippen molar-refractivity contribution in [1.29, 1.82) is 0 Å². The molecule has 1 aliphatic heterocycles. The molecule has 0 radical (unpaired) electrons. The molecule has 0 saturated heterocycles. The fourth-order valence-electron chi connectivity index (χ4n) is 3.04. The van der Waals surface area contributed by atoms with Crippen LogP contribution >= 0.6 is 0 Å². The number of hydrogen-bond acceptors (Lipinski definition) is 4. The third-order valence-electron chi connectivity index (χ3n) is 5.00. The Morgan fingerprint density at radius 2 is 1.54 bits per heavy atom. The Labute approximate surface area is 165 Å². The number of aryl methyl sites for hydroxylation is 2. The molecule has 3 rings (SSSR count). The number of anilines is 2. The second-order valence-electron chi connectivity index (χ2n) is 7.26. The van der Waals surface area contributed by atoms with Crippen molar-refractivity contribution < 1.29 is 19.1 Å². The van der Waals surface area contributed by atoms with E-state index in [-0.39, 0.29) is 12.7 Å². The lowest BCUT2D eigenvalue weighted by Gasteiger charge is -2.24. The number of nitrogens with one attached hydrogen (secondary N) is 2. The summed E-state index contributed by atoms with van der Waals surface area (Å²) >= 11 is 0. The SMILES string of the molecule is CCc1cccc(CC)c1NC(=O)C(C)(C)C(=O)Nc1ccc2c(c1)OCO2. The van der Waals surface area contributed by atoms with Crippen molar-refractivity contribution in [3.8, 4) is 11.5 Å². The number of carbonyl (C=O) groups is 2. The summed E-state index contributed by atoms with van der Waals surface area (Å²) in [4.78, 5) is 25.8. The van der Waals surface area contributed by atoms with Gasteiger partial charge in [-0.25, -0.2) is 0 Å². The summed E-state index contributed by atoms with van der Waals surface area (Å²) in [7, 11) is 0. The summed E-state index contributed by atoms with van der Waals surface area (Å²) in [5.74, 6) is 0.472.